The first kappa shape index (κ1) is 24.5. The Morgan fingerprint density at radius 3 is 1.79 bits per heavy atom. The van der Waals surface area contributed by atoms with Crippen molar-refractivity contribution in [3.05, 3.63) is 158 Å². The molecular formula is C39H26N2S. The van der Waals surface area contributed by atoms with E-state index in [0.29, 0.717) is 0 Å². The van der Waals surface area contributed by atoms with Crippen LogP contribution in [0.25, 0.3) is 53.2 Å². The predicted molar refractivity (Wildman–Crippen MR) is 180 cm³/mol. The second-order valence-electron chi connectivity index (χ2n) is 10.5. The molecule has 0 aliphatic carbocycles. The monoisotopic (exact) mass is 554 g/mol. The minimum Gasteiger partial charge on any atom is -0.310 e. The van der Waals surface area contributed by atoms with Gasteiger partial charge < -0.3 is 4.90 Å². The normalized spacial score (nSPS) is 11.3. The van der Waals surface area contributed by atoms with E-state index in [9.17, 15) is 0 Å². The fourth-order valence-corrected chi connectivity index (χ4v) is 6.85. The summed E-state index contributed by atoms with van der Waals surface area (Å²) in [5.74, 6) is 0. The van der Waals surface area contributed by atoms with E-state index >= 15 is 0 Å². The van der Waals surface area contributed by atoms with Crippen LogP contribution in [0.2, 0.25) is 0 Å². The van der Waals surface area contributed by atoms with Crippen molar-refractivity contribution in [2.24, 2.45) is 0 Å². The van der Waals surface area contributed by atoms with Crippen LogP contribution in [0.4, 0.5) is 17.1 Å². The minimum absolute atomic E-state index is 1.11. The Kier molecular flexibility index (Phi) is 6.02. The van der Waals surface area contributed by atoms with Gasteiger partial charge in [0.05, 0.1) is 0 Å². The Morgan fingerprint density at radius 2 is 1.02 bits per heavy atom. The van der Waals surface area contributed by atoms with Gasteiger partial charge in [-0.3, -0.25) is 4.98 Å². The van der Waals surface area contributed by atoms with E-state index in [4.69, 9.17) is 0 Å². The Labute approximate surface area is 248 Å². The quantitative estimate of drug-likeness (QED) is 0.210. The van der Waals surface area contributed by atoms with E-state index < -0.39 is 0 Å². The van der Waals surface area contributed by atoms with E-state index in [0.717, 1.165) is 17.1 Å². The first-order chi connectivity index (χ1) is 20.8. The standard InChI is InChI=1S/C39H26N2S/c1-2-6-27(7-3-1)29-12-16-33(17-13-29)41(35-20-21-38-36(25-35)37-26-40-23-22-39(37)42-38)34-18-14-30(15-19-34)32-11-10-28-8-4-5-9-31(28)24-32/h1-26H. The lowest BCUT2D eigenvalue weighted by molar-refractivity contribution is 1.29. The van der Waals surface area contributed by atoms with Crippen LogP contribution in [0.5, 0.6) is 0 Å². The highest BCUT2D eigenvalue weighted by Gasteiger charge is 2.15. The Morgan fingerprint density at radius 1 is 0.429 bits per heavy atom. The largest absolute Gasteiger partial charge is 0.310 e. The van der Waals surface area contributed by atoms with Crippen LogP contribution < -0.4 is 4.90 Å². The van der Waals surface area contributed by atoms with Gasteiger partial charge in [-0.1, -0.05) is 91.0 Å². The molecule has 0 fully saturated rings. The molecule has 0 radical (unpaired) electrons. The second-order valence-corrected chi connectivity index (χ2v) is 11.6. The molecule has 0 saturated heterocycles. The summed E-state index contributed by atoms with van der Waals surface area (Å²) in [6.07, 6.45) is 3.85. The number of aromatic nitrogens is 1. The van der Waals surface area contributed by atoms with E-state index in [2.05, 4.69) is 155 Å². The van der Waals surface area contributed by atoms with Crippen LogP contribution in [0, 0.1) is 0 Å². The third kappa shape index (κ3) is 4.41. The van der Waals surface area contributed by atoms with E-state index in [1.54, 1.807) is 0 Å². The van der Waals surface area contributed by atoms with Crippen LogP contribution in [-0.2, 0) is 0 Å². The van der Waals surface area contributed by atoms with Crippen molar-refractivity contribution in [2.75, 3.05) is 4.90 Å². The molecule has 2 nitrogen and oxygen atoms in total. The van der Waals surface area contributed by atoms with Crippen molar-refractivity contribution in [3.63, 3.8) is 0 Å². The fraction of sp³-hybridized carbons (Fsp3) is 0. The number of benzene rings is 6. The predicted octanol–water partition coefficient (Wildman–Crippen LogP) is 11.4. The van der Waals surface area contributed by atoms with Crippen LogP contribution in [0.15, 0.2) is 158 Å². The average molecular weight is 555 g/mol. The summed E-state index contributed by atoms with van der Waals surface area (Å²) in [7, 11) is 0. The van der Waals surface area contributed by atoms with Gasteiger partial charge in [0.15, 0.2) is 0 Å². The molecule has 0 bridgehead atoms. The zero-order valence-electron chi connectivity index (χ0n) is 22.8. The molecule has 0 aliphatic rings. The van der Waals surface area contributed by atoms with E-state index in [1.165, 1.54) is 53.2 Å². The van der Waals surface area contributed by atoms with Gasteiger partial charge >= 0.3 is 0 Å². The minimum atomic E-state index is 1.11. The summed E-state index contributed by atoms with van der Waals surface area (Å²) in [5.41, 5.74) is 8.20. The van der Waals surface area contributed by atoms with Gasteiger partial charge in [0.2, 0.25) is 0 Å². The van der Waals surface area contributed by atoms with Gasteiger partial charge in [-0.2, -0.15) is 0 Å². The van der Waals surface area contributed by atoms with Crippen LogP contribution in [0.1, 0.15) is 0 Å². The zero-order valence-corrected chi connectivity index (χ0v) is 23.6. The molecule has 8 aromatic rings. The Hall–Kier alpha value is -5.25. The third-order valence-corrected chi connectivity index (χ3v) is 9.11. The number of anilines is 3. The van der Waals surface area contributed by atoms with Crippen LogP contribution in [0.3, 0.4) is 0 Å². The molecule has 0 amide bonds. The van der Waals surface area contributed by atoms with Gasteiger partial charge in [0.25, 0.3) is 0 Å². The topological polar surface area (TPSA) is 16.1 Å². The first-order valence-electron chi connectivity index (χ1n) is 14.1. The number of hydrogen-bond acceptors (Lipinski definition) is 3. The van der Waals surface area contributed by atoms with Crippen molar-refractivity contribution < 1.29 is 0 Å². The summed E-state index contributed by atoms with van der Waals surface area (Å²) >= 11 is 1.82. The van der Waals surface area contributed by atoms with Gasteiger partial charge in [0, 0.05) is 49.6 Å². The number of hydrogen-bond donors (Lipinski definition) is 0. The number of rotatable bonds is 5. The molecule has 0 saturated carbocycles. The maximum atomic E-state index is 4.42. The summed E-state index contributed by atoms with van der Waals surface area (Å²) in [5, 5.41) is 4.95. The van der Waals surface area contributed by atoms with Crippen molar-refractivity contribution >= 4 is 59.3 Å². The first-order valence-corrected chi connectivity index (χ1v) is 14.9. The maximum Gasteiger partial charge on any atom is 0.0468 e. The number of nitrogens with zero attached hydrogens (tertiary/aromatic N) is 2. The lowest BCUT2D eigenvalue weighted by Gasteiger charge is -2.26. The highest BCUT2D eigenvalue weighted by Crippen LogP contribution is 2.41. The fourth-order valence-electron chi connectivity index (χ4n) is 5.80. The highest BCUT2D eigenvalue weighted by molar-refractivity contribution is 7.25. The van der Waals surface area contributed by atoms with E-state index in [-0.39, 0.29) is 0 Å². The Balaban J connectivity index is 1.23. The molecule has 2 heterocycles. The third-order valence-electron chi connectivity index (χ3n) is 7.95. The van der Waals surface area contributed by atoms with Crippen LogP contribution in [-0.4, -0.2) is 4.98 Å². The smallest absolute Gasteiger partial charge is 0.0468 e. The van der Waals surface area contributed by atoms with Gasteiger partial charge in [-0.05, 0) is 87.6 Å². The molecule has 0 aliphatic heterocycles. The van der Waals surface area contributed by atoms with Gasteiger partial charge in [-0.25, -0.2) is 0 Å². The van der Waals surface area contributed by atoms with Crippen molar-refractivity contribution in [1.29, 1.82) is 0 Å². The average Bonchev–Trinajstić information content (AvgIpc) is 3.44. The van der Waals surface area contributed by atoms with Crippen molar-refractivity contribution in [2.45, 2.75) is 0 Å². The van der Waals surface area contributed by atoms with E-state index in [1.807, 2.05) is 23.7 Å². The molecule has 42 heavy (non-hydrogen) atoms. The molecule has 0 unspecified atom stereocenters. The second kappa shape index (κ2) is 10.3. The SMILES string of the molecule is c1ccc(-c2ccc(N(c3ccc(-c4ccc5ccccc5c4)cc3)c3ccc4sc5ccncc5c4c3)cc2)cc1. The molecule has 2 aromatic heterocycles. The summed E-state index contributed by atoms with van der Waals surface area (Å²) in [6, 6.07) is 52.4. The zero-order chi connectivity index (χ0) is 27.9. The van der Waals surface area contributed by atoms with Crippen molar-refractivity contribution in [3.8, 4) is 22.3 Å². The molecule has 0 atom stereocenters. The van der Waals surface area contributed by atoms with Gasteiger partial charge in [0.1, 0.15) is 0 Å². The Bertz CT molecular complexity index is 2180. The lowest BCUT2D eigenvalue weighted by Crippen LogP contribution is -2.09. The number of thiophene rings is 1. The van der Waals surface area contributed by atoms with Crippen molar-refractivity contribution in [1.82, 2.24) is 4.98 Å². The number of pyridine rings is 1. The molecule has 198 valence electrons. The molecule has 6 aromatic carbocycles. The van der Waals surface area contributed by atoms with Crippen LogP contribution >= 0.6 is 11.3 Å². The number of fused-ring (bicyclic) bond motifs is 4. The van der Waals surface area contributed by atoms with Gasteiger partial charge in [-0.15, -0.1) is 11.3 Å². The lowest BCUT2D eigenvalue weighted by atomic mass is 10.0. The molecule has 0 N–H and O–H groups in total. The maximum absolute atomic E-state index is 4.42. The summed E-state index contributed by atoms with van der Waals surface area (Å²) in [6.45, 7) is 0. The molecule has 3 heteroatoms. The highest BCUT2D eigenvalue weighted by atomic mass is 32.1. The summed E-state index contributed by atoms with van der Waals surface area (Å²) < 4.78 is 2.53. The molecule has 0 spiro atoms. The molecular weight excluding hydrogens is 529 g/mol. The molecule has 8 rings (SSSR count). The summed E-state index contributed by atoms with van der Waals surface area (Å²) in [4.78, 5) is 6.76.